The van der Waals surface area contributed by atoms with Crippen molar-refractivity contribution in [3.63, 3.8) is 0 Å². The van der Waals surface area contributed by atoms with Gasteiger partial charge in [0.2, 0.25) is 0 Å². The first-order chi connectivity index (χ1) is 5.75. The minimum atomic E-state index is -0.414. The van der Waals surface area contributed by atoms with Crippen molar-refractivity contribution in [2.45, 2.75) is 37.7 Å². The van der Waals surface area contributed by atoms with Crippen LogP contribution in [-0.4, -0.2) is 18.5 Å². The van der Waals surface area contributed by atoms with Crippen molar-refractivity contribution < 1.29 is 9.53 Å². The van der Waals surface area contributed by atoms with E-state index in [0.717, 1.165) is 25.7 Å². The number of hydrogen-bond donors (Lipinski definition) is 0. The highest BCUT2D eigenvalue weighted by atomic mass is 16.5. The Morgan fingerprint density at radius 2 is 2.33 bits per heavy atom. The lowest BCUT2D eigenvalue weighted by Crippen LogP contribution is -2.46. The molecule has 0 aromatic carbocycles. The van der Waals surface area contributed by atoms with Crippen LogP contribution in [0, 0.1) is 0 Å². The highest BCUT2D eigenvalue weighted by Gasteiger charge is 2.43. The summed E-state index contributed by atoms with van der Waals surface area (Å²) >= 11 is 0. The monoisotopic (exact) mass is 168 g/mol. The normalized spacial score (nSPS) is 19.8. The van der Waals surface area contributed by atoms with E-state index in [2.05, 4.69) is 6.58 Å². The highest BCUT2D eigenvalue weighted by Crippen LogP contribution is 2.36. The van der Waals surface area contributed by atoms with E-state index in [1.54, 1.807) is 13.2 Å². The molecule has 1 aliphatic rings. The van der Waals surface area contributed by atoms with E-state index in [1.807, 2.05) is 0 Å². The van der Waals surface area contributed by atoms with Crippen LogP contribution in [0.1, 0.15) is 32.1 Å². The lowest BCUT2D eigenvalue weighted by molar-refractivity contribution is -0.151. The molecule has 0 heterocycles. The molecule has 0 unspecified atom stereocenters. The van der Waals surface area contributed by atoms with Crippen LogP contribution in [0.3, 0.4) is 0 Å². The van der Waals surface area contributed by atoms with Gasteiger partial charge >= 0.3 is 0 Å². The standard InChI is InChI=1S/C10H16O2/c1-3-4-6-9(11)10(12-2)7-5-8-10/h3H,1,4-8H2,2H3. The maximum atomic E-state index is 11.6. The van der Waals surface area contributed by atoms with Gasteiger partial charge in [0.25, 0.3) is 0 Å². The molecule has 1 fully saturated rings. The molecule has 2 nitrogen and oxygen atoms in total. The summed E-state index contributed by atoms with van der Waals surface area (Å²) < 4.78 is 5.25. The van der Waals surface area contributed by atoms with Gasteiger partial charge in [-0.2, -0.15) is 0 Å². The van der Waals surface area contributed by atoms with E-state index in [-0.39, 0.29) is 5.78 Å². The Kier molecular flexibility index (Phi) is 3.04. The van der Waals surface area contributed by atoms with Crippen molar-refractivity contribution in [1.82, 2.24) is 0 Å². The minimum absolute atomic E-state index is 0.246. The molecule has 0 amide bonds. The van der Waals surface area contributed by atoms with Gasteiger partial charge in [-0.05, 0) is 25.7 Å². The Bertz CT molecular complexity index is 175. The Labute approximate surface area is 73.6 Å². The summed E-state index contributed by atoms with van der Waals surface area (Å²) in [6.07, 6.45) is 6.05. The molecule has 0 saturated heterocycles. The summed E-state index contributed by atoms with van der Waals surface area (Å²) in [4.78, 5) is 11.6. The molecule has 1 aliphatic carbocycles. The second-order valence-corrected chi connectivity index (χ2v) is 3.30. The van der Waals surface area contributed by atoms with Crippen LogP contribution in [0.25, 0.3) is 0 Å². The SMILES string of the molecule is C=CCCC(=O)C1(OC)CCC1. The summed E-state index contributed by atoms with van der Waals surface area (Å²) in [5.41, 5.74) is -0.414. The molecule has 0 atom stereocenters. The molecule has 12 heavy (non-hydrogen) atoms. The number of hydrogen-bond acceptors (Lipinski definition) is 2. The largest absolute Gasteiger partial charge is 0.370 e. The first-order valence-corrected chi connectivity index (χ1v) is 4.44. The fraction of sp³-hybridized carbons (Fsp3) is 0.700. The molecule has 1 rings (SSSR count). The molecule has 0 spiro atoms. The van der Waals surface area contributed by atoms with Crippen molar-refractivity contribution in [2.24, 2.45) is 0 Å². The molecular weight excluding hydrogens is 152 g/mol. The molecule has 2 heteroatoms. The number of methoxy groups -OCH3 is 1. The third-order valence-corrected chi connectivity index (χ3v) is 2.64. The van der Waals surface area contributed by atoms with Gasteiger partial charge in [-0.3, -0.25) is 4.79 Å². The third-order valence-electron chi connectivity index (χ3n) is 2.64. The van der Waals surface area contributed by atoms with Crippen LogP contribution in [0.2, 0.25) is 0 Å². The van der Waals surface area contributed by atoms with Gasteiger partial charge in [0.05, 0.1) is 0 Å². The van der Waals surface area contributed by atoms with Crippen LogP contribution in [0.5, 0.6) is 0 Å². The van der Waals surface area contributed by atoms with E-state index in [4.69, 9.17) is 4.74 Å². The number of allylic oxidation sites excluding steroid dienone is 1. The molecule has 0 aromatic rings. The summed E-state index contributed by atoms with van der Waals surface area (Å²) in [6.45, 7) is 3.59. The molecule has 0 N–H and O–H groups in total. The quantitative estimate of drug-likeness (QED) is 0.587. The summed E-state index contributed by atoms with van der Waals surface area (Å²) in [5.74, 6) is 0.246. The lowest BCUT2D eigenvalue weighted by Gasteiger charge is -2.38. The fourth-order valence-electron chi connectivity index (χ4n) is 1.56. The molecular formula is C10H16O2. The zero-order valence-electron chi connectivity index (χ0n) is 7.64. The number of ether oxygens (including phenoxy) is 1. The zero-order chi connectivity index (χ0) is 9.03. The Balaban J connectivity index is 2.43. The number of carbonyl (C=O) groups is 1. The average molecular weight is 168 g/mol. The number of rotatable bonds is 5. The van der Waals surface area contributed by atoms with E-state index in [1.165, 1.54) is 0 Å². The van der Waals surface area contributed by atoms with Gasteiger partial charge in [0.15, 0.2) is 5.78 Å². The van der Waals surface area contributed by atoms with Crippen LogP contribution >= 0.6 is 0 Å². The maximum absolute atomic E-state index is 11.6. The predicted octanol–water partition coefficient (Wildman–Crippen LogP) is 2.09. The van der Waals surface area contributed by atoms with Gasteiger partial charge in [-0.25, -0.2) is 0 Å². The zero-order valence-corrected chi connectivity index (χ0v) is 7.64. The average Bonchev–Trinajstić information content (AvgIpc) is 2.00. The van der Waals surface area contributed by atoms with E-state index in [0.29, 0.717) is 6.42 Å². The third kappa shape index (κ3) is 1.58. The molecule has 0 aliphatic heterocycles. The Hall–Kier alpha value is -0.630. The lowest BCUT2D eigenvalue weighted by atomic mass is 9.75. The fourth-order valence-corrected chi connectivity index (χ4v) is 1.56. The second-order valence-electron chi connectivity index (χ2n) is 3.30. The summed E-state index contributed by atoms with van der Waals surface area (Å²) in [7, 11) is 1.63. The van der Waals surface area contributed by atoms with Crippen molar-refractivity contribution in [3.8, 4) is 0 Å². The summed E-state index contributed by atoms with van der Waals surface area (Å²) in [5, 5.41) is 0. The van der Waals surface area contributed by atoms with Gasteiger partial charge in [-0.1, -0.05) is 6.08 Å². The van der Waals surface area contributed by atoms with Gasteiger partial charge in [0.1, 0.15) is 5.60 Å². The molecule has 0 radical (unpaired) electrons. The van der Waals surface area contributed by atoms with Crippen LogP contribution in [0.15, 0.2) is 12.7 Å². The summed E-state index contributed by atoms with van der Waals surface area (Å²) in [6, 6.07) is 0. The molecule has 0 bridgehead atoms. The van der Waals surface area contributed by atoms with Crippen molar-refractivity contribution in [1.29, 1.82) is 0 Å². The number of Topliss-reactive ketones (excluding diaryl/α,β-unsaturated/α-hetero) is 1. The molecule has 68 valence electrons. The van der Waals surface area contributed by atoms with Gasteiger partial charge in [-0.15, -0.1) is 6.58 Å². The first kappa shape index (κ1) is 9.46. The van der Waals surface area contributed by atoms with Crippen molar-refractivity contribution in [2.75, 3.05) is 7.11 Å². The van der Waals surface area contributed by atoms with Crippen LogP contribution in [0.4, 0.5) is 0 Å². The van der Waals surface area contributed by atoms with E-state index >= 15 is 0 Å². The van der Waals surface area contributed by atoms with Crippen molar-refractivity contribution in [3.05, 3.63) is 12.7 Å². The first-order valence-electron chi connectivity index (χ1n) is 4.44. The van der Waals surface area contributed by atoms with Gasteiger partial charge < -0.3 is 4.74 Å². The Morgan fingerprint density at radius 3 is 2.67 bits per heavy atom. The van der Waals surface area contributed by atoms with Crippen molar-refractivity contribution >= 4 is 5.78 Å². The van der Waals surface area contributed by atoms with Crippen LogP contribution in [-0.2, 0) is 9.53 Å². The van der Waals surface area contributed by atoms with E-state index in [9.17, 15) is 4.79 Å². The smallest absolute Gasteiger partial charge is 0.164 e. The van der Waals surface area contributed by atoms with E-state index < -0.39 is 5.60 Å². The van der Waals surface area contributed by atoms with Gasteiger partial charge in [0, 0.05) is 13.5 Å². The molecule has 0 aromatic heterocycles. The molecule has 1 saturated carbocycles. The highest BCUT2D eigenvalue weighted by molar-refractivity contribution is 5.88. The predicted molar refractivity (Wildman–Crippen MR) is 48.0 cm³/mol. The van der Waals surface area contributed by atoms with Crippen LogP contribution < -0.4 is 0 Å². The number of carbonyl (C=O) groups excluding carboxylic acids is 1. The number of ketones is 1. The second kappa shape index (κ2) is 3.85. The maximum Gasteiger partial charge on any atom is 0.164 e. The minimum Gasteiger partial charge on any atom is -0.370 e. The topological polar surface area (TPSA) is 26.3 Å². The Morgan fingerprint density at radius 1 is 1.67 bits per heavy atom.